The van der Waals surface area contributed by atoms with Crippen LogP contribution in [0.25, 0.3) is 5.57 Å². The molecule has 29 heavy (non-hydrogen) atoms. The van der Waals surface area contributed by atoms with Crippen molar-refractivity contribution in [3.63, 3.8) is 0 Å². The van der Waals surface area contributed by atoms with Crippen LogP contribution in [0.1, 0.15) is 46.3 Å². The van der Waals surface area contributed by atoms with Gasteiger partial charge < -0.3 is 15.0 Å². The number of aryl methyl sites for hydroxylation is 1. The number of nitrogens with one attached hydrogen (secondary N) is 1. The van der Waals surface area contributed by atoms with Crippen LogP contribution < -0.4 is 10.2 Å². The van der Waals surface area contributed by atoms with Gasteiger partial charge in [-0.1, -0.05) is 29.8 Å². The minimum absolute atomic E-state index is 0.0197. The molecular weight excluding hydrogens is 384 g/mol. The quantitative estimate of drug-likeness (QED) is 0.755. The van der Waals surface area contributed by atoms with Crippen LogP contribution in [0.2, 0.25) is 5.02 Å². The maximum atomic E-state index is 13.2. The number of amides is 1. The average Bonchev–Trinajstić information content (AvgIpc) is 3.28. The van der Waals surface area contributed by atoms with E-state index in [-0.39, 0.29) is 5.91 Å². The highest BCUT2D eigenvalue weighted by molar-refractivity contribution is 6.30. The number of rotatable bonds is 5. The molecule has 2 aromatic rings. The highest BCUT2D eigenvalue weighted by Crippen LogP contribution is 2.34. The summed E-state index contributed by atoms with van der Waals surface area (Å²) in [5.74, 6) is -0.0197. The Hall–Kier alpha value is -2.30. The molecule has 1 saturated heterocycles. The maximum absolute atomic E-state index is 13.2. The topological polar surface area (TPSA) is 41.6 Å². The van der Waals surface area contributed by atoms with E-state index in [0.29, 0.717) is 11.6 Å². The summed E-state index contributed by atoms with van der Waals surface area (Å²) in [5, 5.41) is 3.79. The van der Waals surface area contributed by atoms with E-state index in [4.69, 9.17) is 16.3 Å². The number of nitrogens with zero attached hydrogens (tertiary/aromatic N) is 1. The summed E-state index contributed by atoms with van der Waals surface area (Å²) in [6.45, 7) is 5.81. The third-order valence-electron chi connectivity index (χ3n) is 5.68. The second-order valence-corrected chi connectivity index (χ2v) is 8.15. The SMILES string of the molecule is Cc1cc(N2CCOCC2)cc(C2=CCCC2)c1C(=O)NCc1ccc(Cl)cc1. The lowest BCUT2D eigenvalue weighted by molar-refractivity contribution is 0.0950. The molecular formula is C24H27ClN2O2. The Morgan fingerprint density at radius 3 is 2.62 bits per heavy atom. The lowest BCUT2D eigenvalue weighted by atomic mass is 9.93. The molecule has 0 spiro atoms. The van der Waals surface area contributed by atoms with E-state index >= 15 is 0 Å². The van der Waals surface area contributed by atoms with E-state index in [1.807, 2.05) is 31.2 Å². The van der Waals surface area contributed by atoms with E-state index in [9.17, 15) is 4.79 Å². The summed E-state index contributed by atoms with van der Waals surface area (Å²) in [7, 11) is 0. The van der Waals surface area contributed by atoms with Gasteiger partial charge in [0.05, 0.1) is 13.2 Å². The second-order valence-electron chi connectivity index (χ2n) is 7.72. The molecule has 152 valence electrons. The number of benzene rings is 2. The van der Waals surface area contributed by atoms with Crippen LogP contribution in [-0.4, -0.2) is 32.2 Å². The molecule has 4 rings (SSSR count). The zero-order chi connectivity index (χ0) is 20.2. The molecule has 0 aromatic heterocycles. The number of allylic oxidation sites excluding steroid dienone is 2. The molecule has 1 N–H and O–H groups in total. The van der Waals surface area contributed by atoms with Crippen molar-refractivity contribution in [1.82, 2.24) is 5.32 Å². The van der Waals surface area contributed by atoms with Gasteiger partial charge in [0, 0.05) is 35.9 Å². The minimum atomic E-state index is -0.0197. The van der Waals surface area contributed by atoms with E-state index in [0.717, 1.165) is 67.8 Å². The number of morpholine rings is 1. The molecule has 0 radical (unpaired) electrons. The number of carbonyl (C=O) groups excluding carboxylic acids is 1. The van der Waals surface area contributed by atoms with E-state index < -0.39 is 0 Å². The Balaban J connectivity index is 1.61. The van der Waals surface area contributed by atoms with Crippen LogP contribution in [0, 0.1) is 6.92 Å². The predicted molar refractivity (Wildman–Crippen MR) is 119 cm³/mol. The zero-order valence-corrected chi connectivity index (χ0v) is 17.6. The highest BCUT2D eigenvalue weighted by Gasteiger charge is 2.22. The van der Waals surface area contributed by atoms with Gasteiger partial charge in [0.1, 0.15) is 0 Å². The normalized spacial score (nSPS) is 16.6. The zero-order valence-electron chi connectivity index (χ0n) is 16.8. The van der Waals surface area contributed by atoms with Crippen molar-refractivity contribution in [3.8, 4) is 0 Å². The molecule has 0 atom stereocenters. The van der Waals surface area contributed by atoms with Gasteiger partial charge in [-0.15, -0.1) is 0 Å². The fourth-order valence-corrected chi connectivity index (χ4v) is 4.24. The number of hydrogen-bond acceptors (Lipinski definition) is 3. The first kappa shape index (κ1) is 20.0. The lowest BCUT2D eigenvalue weighted by Crippen LogP contribution is -2.36. The highest BCUT2D eigenvalue weighted by atomic mass is 35.5. The van der Waals surface area contributed by atoms with Crippen LogP contribution >= 0.6 is 11.6 Å². The number of halogens is 1. The van der Waals surface area contributed by atoms with Crippen LogP contribution in [0.4, 0.5) is 5.69 Å². The van der Waals surface area contributed by atoms with Crippen molar-refractivity contribution in [2.45, 2.75) is 32.7 Å². The second kappa shape index (κ2) is 9.02. The van der Waals surface area contributed by atoms with Crippen LogP contribution in [-0.2, 0) is 11.3 Å². The van der Waals surface area contributed by atoms with Gasteiger partial charge in [-0.3, -0.25) is 4.79 Å². The molecule has 5 heteroatoms. The van der Waals surface area contributed by atoms with Gasteiger partial charge >= 0.3 is 0 Å². The molecule has 1 aliphatic heterocycles. The third-order valence-corrected chi connectivity index (χ3v) is 5.93. The van der Waals surface area contributed by atoms with Crippen molar-refractivity contribution < 1.29 is 9.53 Å². The van der Waals surface area contributed by atoms with Gasteiger partial charge in [0.25, 0.3) is 5.91 Å². The number of carbonyl (C=O) groups is 1. The summed E-state index contributed by atoms with van der Waals surface area (Å²) in [6, 6.07) is 11.9. The molecule has 1 amide bonds. The Morgan fingerprint density at radius 1 is 1.17 bits per heavy atom. The van der Waals surface area contributed by atoms with Gasteiger partial charge in [0.15, 0.2) is 0 Å². The molecule has 4 nitrogen and oxygen atoms in total. The predicted octanol–water partition coefficient (Wildman–Crippen LogP) is 4.98. The van der Waals surface area contributed by atoms with Crippen molar-refractivity contribution in [3.05, 3.63) is 69.8 Å². The summed E-state index contributed by atoms with van der Waals surface area (Å²) >= 11 is 5.96. The van der Waals surface area contributed by atoms with Gasteiger partial charge in [-0.05, 0) is 72.7 Å². The first-order valence-electron chi connectivity index (χ1n) is 10.3. The molecule has 1 aliphatic carbocycles. The molecule has 0 saturated carbocycles. The van der Waals surface area contributed by atoms with Gasteiger partial charge in [-0.25, -0.2) is 0 Å². The summed E-state index contributed by atoms with van der Waals surface area (Å²) in [5.41, 5.74) is 6.40. The van der Waals surface area contributed by atoms with Crippen LogP contribution in [0.15, 0.2) is 42.5 Å². The number of anilines is 1. The molecule has 0 bridgehead atoms. The fourth-order valence-electron chi connectivity index (χ4n) is 4.12. The van der Waals surface area contributed by atoms with Gasteiger partial charge in [-0.2, -0.15) is 0 Å². The van der Waals surface area contributed by atoms with E-state index in [2.05, 4.69) is 28.4 Å². The Bertz CT molecular complexity index is 915. The Kier molecular flexibility index (Phi) is 6.22. The van der Waals surface area contributed by atoms with Crippen LogP contribution in [0.5, 0.6) is 0 Å². The smallest absolute Gasteiger partial charge is 0.252 e. The van der Waals surface area contributed by atoms with Crippen molar-refractivity contribution >= 4 is 28.8 Å². The Morgan fingerprint density at radius 2 is 1.93 bits per heavy atom. The molecule has 2 aromatic carbocycles. The first-order valence-corrected chi connectivity index (χ1v) is 10.7. The lowest BCUT2D eigenvalue weighted by Gasteiger charge is -2.30. The third kappa shape index (κ3) is 4.65. The summed E-state index contributed by atoms with van der Waals surface area (Å²) < 4.78 is 5.50. The Labute approximate surface area is 177 Å². The largest absolute Gasteiger partial charge is 0.378 e. The molecule has 2 aliphatic rings. The number of ether oxygens (including phenoxy) is 1. The van der Waals surface area contributed by atoms with Crippen molar-refractivity contribution in [2.75, 3.05) is 31.2 Å². The molecule has 1 fully saturated rings. The van der Waals surface area contributed by atoms with Crippen molar-refractivity contribution in [1.29, 1.82) is 0 Å². The fraction of sp³-hybridized carbons (Fsp3) is 0.375. The number of hydrogen-bond donors (Lipinski definition) is 1. The van der Waals surface area contributed by atoms with Crippen LogP contribution in [0.3, 0.4) is 0 Å². The first-order chi connectivity index (χ1) is 14.1. The molecule has 0 unspecified atom stereocenters. The molecule has 1 heterocycles. The summed E-state index contributed by atoms with van der Waals surface area (Å²) in [4.78, 5) is 15.5. The summed E-state index contributed by atoms with van der Waals surface area (Å²) in [6.07, 6.45) is 5.56. The van der Waals surface area contributed by atoms with Gasteiger partial charge in [0.2, 0.25) is 0 Å². The minimum Gasteiger partial charge on any atom is -0.378 e. The van der Waals surface area contributed by atoms with Crippen molar-refractivity contribution in [2.24, 2.45) is 0 Å². The van der Waals surface area contributed by atoms with E-state index in [1.54, 1.807) is 0 Å². The maximum Gasteiger partial charge on any atom is 0.252 e. The monoisotopic (exact) mass is 410 g/mol. The standard InChI is InChI=1S/C24H27ClN2O2/c1-17-14-21(27-10-12-29-13-11-27)15-22(19-4-2-3-5-19)23(17)24(28)26-16-18-6-8-20(25)9-7-18/h4,6-9,14-15H,2-3,5,10-13,16H2,1H3,(H,26,28). The average molecular weight is 411 g/mol. The van der Waals surface area contributed by atoms with E-state index in [1.165, 1.54) is 11.3 Å².